The lowest BCUT2D eigenvalue weighted by Crippen LogP contribution is -2.05. The van der Waals surface area contributed by atoms with Crippen LogP contribution in [0.3, 0.4) is 0 Å². The van der Waals surface area contributed by atoms with Crippen molar-refractivity contribution in [2.75, 3.05) is 5.32 Å². The fraction of sp³-hybridized carbons (Fsp3) is 0.0952. The third kappa shape index (κ3) is 3.52. The van der Waals surface area contributed by atoms with E-state index in [0.29, 0.717) is 5.02 Å². The van der Waals surface area contributed by atoms with Crippen LogP contribution >= 0.6 is 11.6 Å². The summed E-state index contributed by atoms with van der Waals surface area (Å²) in [5.41, 5.74) is 4.38. The number of imidazole rings is 1. The van der Waals surface area contributed by atoms with E-state index in [1.165, 1.54) is 11.1 Å². The molecular weight excluding hydrogens is 330 g/mol. The number of halogens is 1. The molecule has 0 spiro atoms. The molecule has 2 heterocycles. The number of nitrogens with zero attached hydrogens (tertiary/aromatic N) is 2. The van der Waals surface area contributed by atoms with Crippen molar-refractivity contribution in [3.05, 3.63) is 101 Å². The molecule has 0 unspecified atom stereocenters. The lowest BCUT2D eigenvalue weighted by Gasteiger charge is -2.09. The fourth-order valence-corrected chi connectivity index (χ4v) is 3.11. The van der Waals surface area contributed by atoms with Gasteiger partial charge in [0.05, 0.1) is 10.7 Å². The van der Waals surface area contributed by atoms with Crippen LogP contribution in [0.1, 0.15) is 16.8 Å². The van der Waals surface area contributed by atoms with Gasteiger partial charge in [-0.15, -0.1) is 0 Å². The summed E-state index contributed by atoms with van der Waals surface area (Å²) in [4.78, 5) is 4.80. The van der Waals surface area contributed by atoms with Crippen molar-refractivity contribution < 1.29 is 0 Å². The molecule has 2 aromatic heterocycles. The predicted octanol–water partition coefficient (Wildman–Crippen LogP) is 5.19. The SMILES string of the molecule is Clc1ccc2nc(Cc3ccccc3)c(NCc3ccccc3)n2c1. The molecule has 0 radical (unpaired) electrons. The number of anilines is 1. The van der Waals surface area contributed by atoms with Gasteiger partial charge in [-0.25, -0.2) is 4.98 Å². The fourth-order valence-electron chi connectivity index (χ4n) is 2.95. The maximum absolute atomic E-state index is 6.20. The Balaban J connectivity index is 1.70. The first-order valence-corrected chi connectivity index (χ1v) is 8.65. The molecule has 0 atom stereocenters. The Kier molecular flexibility index (Phi) is 4.40. The molecule has 0 aliphatic heterocycles. The van der Waals surface area contributed by atoms with Crippen LogP contribution in [-0.2, 0) is 13.0 Å². The molecule has 0 aliphatic carbocycles. The maximum Gasteiger partial charge on any atom is 0.138 e. The monoisotopic (exact) mass is 347 g/mol. The number of hydrogen-bond donors (Lipinski definition) is 1. The van der Waals surface area contributed by atoms with Crippen molar-refractivity contribution >= 4 is 23.1 Å². The summed E-state index contributed by atoms with van der Waals surface area (Å²) in [6, 6.07) is 24.6. The van der Waals surface area contributed by atoms with E-state index >= 15 is 0 Å². The average molecular weight is 348 g/mol. The van der Waals surface area contributed by atoms with Crippen LogP contribution in [0.15, 0.2) is 79.0 Å². The zero-order valence-corrected chi connectivity index (χ0v) is 14.4. The third-order valence-electron chi connectivity index (χ3n) is 4.17. The summed E-state index contributed by atoms with van der Waals surface area (Å²) in [5, 5.41) is 4.24. The first kappa shape index (κ1) is 15.7. The van der Waals surface area contributed by atoms with Crippen molar-refractivity contribution in [2.24, 2.45) is 0 Å². The molecule has 0 bridgehead atoms. The van der Waals surface area contributed by atoms with Crippen molar-refractivity contribution in [3.8, 4) is 0 Å². The lowest BCUT2D eigenvalue weighted by molar-refractivity contribution is 1.05. The standard InChI is InChI=1S/C21H18ClN3/c22-18-11-12-20-24-19(13-16-7-3-1-4-8-16)21(25(20)15-18)23-14-17-9-5-2-6-10-17/h1-12,15,23H,13-14H2. The maximum atomic E-state index is 6.20. The van der Waals surface area contributed by atoms with E-state index in [1.807, 2.05) is 47.0 Å². The summed E-state index contributed by atoms with van der Waals surface area (Å²) >= 11 is 6.20. The van der Waals surface area contributed by atoms with Gasteiger partial charge in [0.15, 0.2) is 0 Å². The highest BCUT2D eigenvalue weighted by Crippen LogP contribution is 2.24. The summed E-state index contributed by atoms with van der Waals surface area (Å²) in [5.74, 6) is 0.991. The molecule has 4 aromatic rings. The molecule has 1 N–H and O–H groups in total. The minimum atomic E-state index is 0.693. The van der Waals surface area contributed by atoms with Gasteiger partial charge >= 0.3 is 0 Å². The van der Waals surface area contributed by atoms with Gasteiger partial charge < -0.3 is 5.32 Å². The van der Waals surface area contributed by atoms with Crippen molar-refractivity contribution in [1.82, 2.24) is 9.38 Å². The molecule has 4 rings (SSSR count). The van der Waals surface area contributed by atoms with Crippen LogP contribution < -0.4 is 5.32 Å². The average Bonchev–Trinajstić information content (AvgIpc) is 2.98. The number of nitrogens with one attached hydrogen (secondary N) is 1. The van der Waals surface area contributed by atoms with E-state index in [4.69, 9.17) is 16.6 Å². The zero-order valence-electron chi connectivity index (χ0n) is 13.7. The van der Waals surface area contributed by atoms with Gasteiger partial charge in [-0.05, 0) is 23.3 Å². The zero-order chi connectivity index (χ0) is 17.1. The molecule has 0 amide bonds. The number of benzene rings is 2. The summed E-state index contributed by atoms with van der Waals surface area (Å²) in [7, 11) is 0. The van der Waals surface area contributed by atoms with Gasteiger partial charge in [0, 0.05) is 19.2 Å². The predicted molar refractivity (Wildman–Crippen MR) is 103 cm³/mol. The smallest absolute Gasteiger partial charge is 0.138 e. The van der Waals surface area contributed by atoms with Crippen LogP contribution in [0, 0.1) is 0 Å². The van der Waals surface area contributed by atoms with Crippen LogP contribution in [0.2, 0.25) is 5.02 Å². The minimum absolute atomic E-state index is 0.693. The summed E-state index contributed by atoms with van der Waals surface area (Å²) < 4.78 is 2.03. The van der Waals surface area contributed by atoms with Gasteiger partial charge in [-0.1, -0.05) is 72.3 Å². The second kappa shape index (κ2) is 6.99. The molecule has 2 aromatic carbocycles. The Morgan fingerprint density at radius 2 is 1.52 bits per heavy atom. The molecule has 0 saturated carbocycles. The van der Waals surface area contributed by atoms with Crippen LogP contribution in [0.25, 0.3) is 5.65 Å². The molecule has 0 aliphatic rings. The van der Waals surface area contributed by atoms with Gasteiger partial charge in [-0.3, -0.25) is 4.40 Å². The Bertz CT molecular complexity index is 978. The second-order valence-electron chi connectivity index (χ2n) is 5.98. The highest BCUT2D eigenvalue weighted by molar-refractivity contribution is 6.30. The molecule has 3 nitrogen and oxygen atoms in total. The summed E-state index contributed by atoms with van der Waals surface area (Å²) in [6.07, 6.45) is 2.68. The lowest BCUT2D eigenvalue weighted by atomic mass is 10.1. The van der Waals surface area contributed by atoms with E-state index < -0.39 is 0 Å². The topological polar surface area (TPSA) is 29.3 Å². The van der Waals surface area contributed by atoms with Gasteiger partial charge in [0.25, 0.3) is 0 Å². The Morgan fingerprint density at radius 3 is 2.24 bits per heavy atom. The van der Waals surface area contributed by atoms with Crippen LogP contribution in [0.4, 0.5) is 5.82 Å². The van der Waals surface area contributed by atoms with Crippen molar-refractivity contribution in [3.63, 3.8) is 0 Å². The largest absolute Gasteiger partial charge is 0.366 e. The normalized spacial score (nSPS) is 10.9. The molecule has 124 valence electrons. The highest BCUT2D eigenvalue weighted by atomic mass is 35.5. The third-order valence-corrected chi connectivity index (χ3v) is 4.40. The van der Waals surface area contributed by atoms with Gasteiger partial charge in [-0.2, -0.15) is 0 Å². The minimum Gasteiger partial charge on any atom is -0.366 e. The number of fused-ring (bicyclic) bond motifs is 1. The molecule has 0 fully saturated rings. The van der Waals surface area contributed by atoms with E-state index in [0.717, 1.165) is 30.1 Å². The number of pyridine rings is 1. The first-order valence-electron chi connectivity index (χ1n) is 8.28. The molecule has 25 heavy (non-hydrogen) atoms. The van der Waals surface area contributed by atoms with E-state index in [2.05, 4.69) is 41.7 Å². The van der Waals surface area contributed by atoms with Gasteiger partial charge in [0.1, 0.15) is 11.5 Å². The van der Waals surface area contributed by atoms with E-state index in [1.54, 1.807) is 0 Å². The Morgan fingerprint density at radius 1 is 0.840 bits per heavy atom. The van der Waals surface area contributed by atoms with E-state index in [9.17, 15) is 0 Å². The molecule has 0 saturated heterocycles. The highest BCUT2D eigenvalue weighted by Gasteiger charge is 2.13. The van der Waals surface area contributed by atoms with Crippen LogP contribution in [0.5, 0.6) is 0 Å². The summed E-state index contributed by atoms with van der Waals surface area (Å²) in [6.45, 7) is 0.739. The second-order valence-corrected chi connectivity index (χ2v) is 6.42. The number of rotatable bonds is 5. The Hall–Kier alpha value is -2.78. The molecule has 4 heteroatoms. The molecular formula is C21H18ClN3. The van der Waals surface area contributed by atoms with E-state index in [-0.39, 0.29) is 0 Å². The van der Waals surface area contributed by atoms with Gasteiger partial charge in [0.2, 0.25) is 0 Å². The number of aromatic nitrogens is 2. The quantitative estimate of drug-likeness (QED) is 0.538. The van der Waals surface area contributed by atoms with Crippen molar-refractivity contribution in [1.29, 1.82) is 0 Å². The van der Waals surface area contributed by atoms with Crippen molar-refractivity contribution in [2.45, 2.75) is 13.0 Å². The Labute approximate surface area is 151 Å². The number of hydrogen-bond acceptors (Lipinski definition) is 2. The van der Waals surface area contributed by atoms with Crippen LogP contribution in [-0.4, -0.2) is 9.38 Å². The first-order chi connectivity index (χ1) is 12.3.